The van der Waals surface area contributed by atoms with Crippen LogP contribution in [0.1, 0.15) is 303 Å². The van der Waals surface area contributed by atoms with E-state index in [1.165, 1.54) is 225 Å². The highest BCUT2D eigenvalue weighted by molar-refractivity contribution is 5.69. The first kappa shape index (κ1) is 60.4. The summed E-state index contributed by atoms with van der Waals surface area (Å²) < 4.78 is 17.5. The topological polar surface area (TPSA) is 61.8 Å². The Morgan fingerprint density at radius 2 is 0.613 bits per heavy atom. The van der Waals surface area contributed by atoms with Gasteiger partial charge in [-0.2, -0.15) is 0 Å². The molecular formula is C57H108O5. The molecule has 0 radical (unpaired) electrons. The van der Waals surface area contributed by atoms with Crippen LogP contribution in [-0.2, 0) is 23.8 Å². The van der Waals surface area contributed by atoms with Gasteiger partial charge in [0.1, 0.15) is 19.3 Å². The predicted molar refractivity (Wildman–Crippen MR) is 270 cm³/mol. The van der Waals surface area contributed by atoms with Crippen molar-refractivity contribution in [3.05, 3.63) is 24.3 Å². The van der Waals surface area contributed by atoms with Crippen molar-refractivity contribution in [3.8, 4) is 0 Å². The van der Waals surface area contributed by atoms with Crippen molar-refractivity contribution in [3.63, 3.8) is 0 Å². The number of rotatable bonds is 52. The molecule has 0 saturated carbocycles. The van der Waals surface area contributed by atoms with E-state index < -0.39 is 6.10 Å². The number of hydrogen-bond acceptors (Lipinski definition) is 5. The van der Waals surface area contributed by atoms with Gasteiger partial charge in [0.05, 0.1) is 0 Å². The molecule has 0 aromatic carbocycles. The van der Waals surface area contributed by atoms with E-state index in [4.69, 9.17) is 14.2 Å². The van der Waals surface area contributed by atoms with Gasteiger partial charge in [0.25, 0.3) is 0 Å². The number of hydrogen-bond donors (Lipinski definition) is 0. The van der Waals surface area contributed by atoms with E-state index in [0.29, 0.717) is 19.4 Å². The molecule has 0 aliphatic carbocycles. The molecule has 0 aliphatic heterocycles. The second kappa shape index (κ2) is 53.7. The van der Waals surface area contributed by atoms with Gasteiger partial charge < -0.3 is 14.2 Å². The Morgan fingerprint density at radius 1 is 0.339 bits per heavy atom. The minimum absolute atomic E-state index is 0.159. The highest BCUT2D eigenvalue weighted by atomic mass is 16.6. The lowest BCUT2D eigenvalue weighted by atomic mass is 10.0. The van der Waals surface area contributed by atoms with Crippen LogP contribution in [-0.4, -0.2) is 37.9 Å². The fraction of sp³-hybridized carbons (Fsp3) is 0.895. The molecule has 0 aliphatic rings. The molecule has 0 amide bonds. The van der Waals surface area contributed by atoms with Crippen LogP contribution in [0.5, 0.6) is 0 Å². The third kappa shape index (κ3) is 51.0. The average Bonchev–Trinajstić information content (AvgIpc) is 3.28. The van der Waals surface area contributed by atoms with E-state index in [2.05, 4.69) is 45.1 Å². The molecule has 0 aromatic heterocycles. The summed E-state index contributed by atoms with van der Waals surface area (Å²) in [6, 6.07) is 0. The van der Waals surface area contributed by atoms with E-state index in [1.807, 2.05) is 0 Å². The quantitative estimate of drug-likeness (QED) is 0.0346. The molecule has 0 fully saturated rings. The summed E-state index contributed by atoms with van der Waals surface area (Å²) in [6.07, 6.45) is 63.5. The number of ether oxygens (including phenoxy) is 3. The minimum Gasteiger partial charge on any atom is -0.463 e. The third-order valence-electron chi connectivity index (χ3n) is 12.5. The number of unbranched alkanes of at least 4 members (excludes halogenated alkanes) is 37. The van der Waals surface area contributed by atoms with E-state index in [1.54, 1.807) is 0 Å². The lowest BCUT2D eigenvalue weighted by Gasteiger charge is -2.18. The molecular weight excluding hydrogens is 765 g/mol. The van der Waals surface area contributed by atoms with Gasteiger partial charge >= 0.3 is 11.9 Å². The fourth-order valence-electron chi connectivity index (χ4n) is 8.28. The Labute approximate surface area is 387 Å². The molecule has 0 rings (SSSR count). The molecule has 0 atom stereocenters. The zero-order chi connectivity index (χ0) is 44.9. The van der Waals surface area contributed by atoms with Gasteiger partial charge in [0, 0.05) is 19.4 Å². The Bertz CT molecular complexity index is 893. The van der Waals surface area contributed by atoms with Gasteiger partial charge in [-0.1, -0.05) is 263 Å². The van der Waals surface area contributed by atoms with Gasteiger partial charge in [-0.25, -0.2) is 0 Å². The van der Waals surface area contributed by atoms with Crippen molar-refractivity contribution in [2.45, 2.75) is 309 Å². The van der Waals surface area contributed by atoms with Crippen molar-refractivity contribution >= 4 is 11.9 Å². The monoisotopic (exact) mass is 873 g/mol. The number of esters is 2. The molecule has 62 heavy (non-hydrogen) atoms. The van der Waals surface area contributed by atoms with Crippen molar-refractivity contribution in [1.29, 1.82) is 0 Å². The zero-order valence-electron chi connectivity index (χ0n) is 42.2. The molecule has 0 unspecified atom stereocenters. The summed E-state index contributed by atoms with van der Waals surface area (Å²) in [4.78, 5) is 25.3. The van der Waals surface area contributed by atoms with Crippen molar-refractivity contribution in [2.24, 2.45) is 0 Å². The van der Waals surface area contributed by atoms with Gasteiger partial charge in [-0.15, -0.1) is 0 Å². The Balaban J connectivity index is 4.23. The summed E-state index contributed by atoms with van der Waals surface area (Å²) in [5.74, 6) is -0.322. The van der Waals surface area contributed by atoms with Crippen LogP contribution in [0.2, 0.25) is 0 Å². The first-order chi connectivity index (χ1) is 30.6. The summed E-state index contributed by atoms with van der Waals surface area (Å²) in [7, 11) is 0. The first-order valence-electron chi connectivity index (χ1n) is 27.9. The van der Waals surface area contributed by atoms with E-state index in [0.717, 1.165) is 44.9 Å². The van der Waals surface area contributed by atoms with Crippen molar-refractivity contribution < 1.29 is 23.8 Å². The van der Waals surface area contributed by atoms with Crippen LogP contribution in [0.3, 0.4) is 0 Å². The van der Waals surface area contributed by atoms with Gasteiger partial charge in [0.15, 0.2) is 0 Å². The minimum atomic E-state index is -0.400. The Kier molecular flexibility index (Phi) is 52.3. The van der Waals surface area contributed by atoms with Gasteiger partial charge in [-0.05, 0) is 51.4 Å². The normalized spacial score (nSPS) is 11.8. The molecule has 5 nitrogen and oxygen atoms in total. The maximum Gasteiger partial charge on any atom is 0.305 e. The smallest absolute Gasteiger partial charge is 0.305 e. The number of carbonyl (C=O) groups excluding carboxylic acids is 2. The number of allylic oxidation sites excluding steroid dienone is 4. The number of carbonyl (C=O) groups is 2. The lowest BCUT2D eigenvalue weighted by molar-refractivity contribution is -0.155. The van der Waals surface area contributed by atoms with Crippen LogP contribution in [0.15, 0.2) is 24.3 Å². The third-order valence-corrected chi connectivity index (χ3v) is 12.5. The predicted octanol–water partition coefficient (Wildman–Crippen LogP) is 18.8. The molecule has 5 heteroatoms. The zero-order valence-corrected chi connectivity index (χ0v) is 42.2. The molecule has 0 saturated heterocycles. The molecule has 0 heterocycles. The standard InChI is InChI=1S/C57H108O5/c1-4-7-10-13-16-19-22-25-28-31-34-37-40-43-46-49-52-60-55(53-61-56(58)50-47-44-41-38-35-32-29-26-23-20-17-14-11-8-5-2)54-62-57(59)51-48-45-42-39-36-33-30-27-24-21-18-15-12-9-6-3/h16,19,25,28,55H,4-15,17-18,20-24,26-27,29-54H2,1-3H3/b19-16-,28-25-. The fourth-order valence-corrected chi connectivity index (χ4v) is 8.28. The second-order valence-corrected chi connectivity index (χ2v) is 18.8. The highest BCUT2D eigenvalue weighted by Crippen LogP contribution is 2.16. The SMILES string of the molecule is CCCCC/C=C\C/C=C\CCCCCCCCOC(COC(=O)CCCCCCCCCCCCCCCCC)COC(=O)CCCCCCCCCCCCCCCCC. The van der Waals surface area contributed by atoms with Crippen LogP contribution in [0.4, 0.5) is 0 Å². The van der Waals surface area contributed by atoms with Crippen molar-refractivity contribution in [1.82, 2.24) is 0 Å². The Morgan fingerprint density at radius 3 is 0.968 bits per heavy atom. The second-order valence-electron chi connectivity index (χ2n) is 18.8. The lowest BCUT2D eigenvalue weighted by Crippen LogP contribution is -2.29. The van der Waals surface area contributed by atoms with Crippen LogP contribution < -0.4 is 0 Å². The van der Waals surface area contributed by atoms with Gasteiger partial charge in [0.2, 0.25) is 0 Å². The summed E-state index contributed by atoms with van der Waals surface area (Å²) in [5, 5.41) is 0. The molecule has 366 valence electrons. The first-order valence-corrected chi connectivity index (χ1v) is 27.9. The molecule has 0 N–H and O–H groups in total. The van der Waals surface area contributed by atoms with E-state index >= 15 is 0 Å². The van der Waals surface area contributed by atoms with Crippen LogP contribution in [0, 0.1) is 0 Å². The maximum absolute atomic E-state index is 12.6. The largest absolute Gasteiger partial charge is 0.463 e. The van der Waals surface area contributed by atoms with E-state index in [9.17, 15) is 9.59 Å². The average molecular weight is 873 g/mol. The maximum atomic E-state index is 12.6. The van der Waals surface area contributed by atoms with E-state index in [-0.39, 0.29) is 25.2 Å². The Hall–Kier alpha value is -1.62. The summed E-state index contributed by atoms with van der Waals surface area (Å²) in [5.41, 5.74) is 0. The summed E-state index contributed by atoms with van der Waals surface area (Å²) in [6.45, 7) is 7.74. The van der Waals surface area contributed by atoms with Crippen LogP contribution >= 0.6 is 0 Å². The summed E-state index contributed by atoms with van der Waals surface area (Å²) >= 11 is 0. The van der Waals surface area contributed by atoms with Gasteiger partial charge in [-0.3, -0.25) is 9.59 Å². The molecule has 0 spiro atoms. The van der Waals surface area contributed by atoms with Crippen LogP contribution in [0.25, 0.3) is 0 Å². The molecule has 0 bridgehead atoms. The van der Waals surface area contributed by atoms with Crippen molar-refractivity contribution in [2.75, 3.05) is 19.8 Å². The highest BCUT2D eigenvalue weighted by Gasteiger charge is 2.16. The molecule has 0 aromatic rings.